The first-order valence-corrected chi connectivity index (χ1v) is 8.15. The summed E-state index contributed by atoms with van der Waals surface area (Å²) in [5.74, 6) is 0.832. The second kappa shape index (κ2) is 6.36. The lowest BCUT2D eigenvalue weighted by Crippen LogP contribution is -2.00. The van der Waals surface area contributed by atoms with E-state index in [1.165, 1.54) is 5.56 Å². The van der Waals surface area contributed by atoms with Crippen LogP contribution in [0.3, 0.4) is 0 Å². The van der Waals surface area contributed by atoms with E-state index in [9.17, 15) is 4.79 Å². The summed E-state index contributed by atoms with van der Waals surface area (Å²) >= 11 is 3.26. The molecule has 3 rings (SSSR count). The number of ketones is 1. The molecule has 0 unspecified atom stereocenters. The van der Waals surface area contributed by atoms with Crippen LogP contribution in [0.4, 0.5) is 0 Å². The van der Waals surface area contributed by atoms with Crippen LogP contribution in [0.25, 0.3) is 10.9 Å². The molecule has 2 aromatic carbocycles. The van der Waals surface area contributed by atoms with E-state index in [1.807, 2.05) is 42.6 Å². The molecule has 4 heteroatoms. The number of fused-ring (bicyclic) bond motifs is 1. The van der Waals surface area contributed by atoms with E-state index < -0.39 is 0 Å². The maximum absolute atomic E-state index is 12.2. The first-order valence-electron chi connectivity index (χ1n) is 7.03. The van der Waals surface area contributed by atoms with Crippen molar-refractivity contribution in [3.05, 3.63) is 65.9 Å². The van der Waals surface area contributed by atoms with Crippen LogP contribution >= 0.6 is 15.9 Å². The van der Waals surface area contributed by atoms with Crippen LogP contribution in [-0.2, 0) is 6.54 Å². The van der Waals surface area contributed by atoms with E-state index in [2.05, 4.69) is 32.6 Å². The third-order valence-corrected chi connectivity index (χ3v) is 4.22. The number of benzene rings is 2. The monoisotopic (exact) mass is 357 g/mol. The number of alkyl halides is 1. The van der Waals surface area contributed by atoms with Crippen LogP contribution in [0.5, 0.6) is 5.75 Å². The molecule has 1 heterocycles. The van der Waals surface area contributed by atoms with Crippen LogP contribution in [0.15, 0.2) is 54.7 Å². The van der Waals surface area contributed by atoms with E-state index in [0.717, 1.165) is 28.8 Å². The topological polar surface area (TPSA) is 31.2 Å². The third kappa shape index (κ3) is 2.79. The van der Waals surface area contributed by atoms with Crippen LogP contribution in [-0.4, -0.2) is 22.8 Å². The molecule has 3 nitrogen and oxygen atoms in total. The maximum atomic E-state index is 12.2. The molecule has 0 bridgehead atoms. The molecule has 0 saturated carbocycles. The third-order valence-electron chi connectivity index (χ3n) is 3.71. The first-order chi connectivity index (χ1) is 10.7. The predicted octanol–water partition coefficient (Wildman–Crippen LogP) is 4.28. The van der Waals surface area contributed by atoms with Gasteiger partial charge in [0, 0.05) is 29.2 Å². The molecule has 0 amide bonds. The van der Waals surface area contributed by atoms with Crippen molar-refractivity contribution in [2.24, 2.45) is 0 Å². The molecule has 22 heavy (non-hydrogen) atoms. The average Bonchev–Trinajstić information content (AvgIpc) is 2.93. The van der Waals surface area contributed by atoms with Gasteiger partial charge in [0.15, 0.2) is 5.78 Å². The Labute approximate surface area is 137 Å². The van der Waals surface area contributed by atoms with E-state index in [0.29, 0.717) is 5.33 Å². The van der Waals surface area contributed by atoms with Gasteiger partial charge in [0.1, 0.15) is 5.75 Å². The number of hydrogen-bond acceptors (Lipinski definition) is 2. The van der Waals surface area contributed by atoms with Gasteiger partial charge in [0.2, 0.25) is 0 Å². The van der Waals surface area contributed by atoms with Gasteiger partial charge < -0.3 is 9.30 Å². The lowest BCUT2D eigenvalue weighted by Gasteiger charge is -2.06. The molecule has 0 fully saturated rings. The Morgan fingerprint density at radius 3 is 2.64 bits per heavy atom. The van der Waals surface area contributed by atoms with Gasteiger partial charge in [-0.3, -0.25) is 4.79 Å². The highest BCUT2D eigenvalue weighted by Crippen LogP contribution is 2.27. The standard InChI is InChI=1S/C18H16BrNO2/c1-22-14-7-8-17-15(9-14)16(18(21)10-19)12-20(17)11-13-5-3-2-4-6-13/h2-9,12H,10-11H2,1H3. The van der Waals surface area contributed by atoms with Crippen molar-refractivity contribution in [3.8, 4) is 5.75 Å². The van der Waals surface area contributed by atoms with Gasteiger partial charge in [-0.1, -0.05) is 46.3 Å². The summed E-state index contributed by atoms with van der Waals surface area (Å²) in [6.07, 6.45) is 1.93. The maximum Gasteiger partial charge on any atom is 0.175 e. The molecule has 1 aromatic heterocycles. The summed E-state index contributed by atoms with van der Waals surface area (Å²) in [5.41, 5.74) is 2.96. The summed E-state index contributed by atoms with van der Waals surface area (Å²) in [6, 6.07) is 16.1. The predicted molar refractivity (Wildman–Crippen MR) is 92.2 cm³/mol. The Bertz CT molecular complexity index is 809. The molecule has 0 N–H and O–H groups in total. The number of nitrogens with zero attached hydrogens (tertiary/aromatic N) is 1. The minimum Gasteiger partial charge on any atom is -0.497 e. The van der Waals surface area contributed by atoms with E-state index >= 15 is 0 Å². The van der Waals surface area contributed by atoms with Crippen LogP contribution in [0.1, 0.15) is 15.9 Å². The van der Waals surface area contributed by atoms with Crippen molar-refractivity contribution in [3.63, 3.8) is 0 Å². The Hall–Kier alpha value is -2.07. The summed E-state index contributed by atoms with van der Waals surface area (Å²) in [6.45, 7) is 0.735. The van der Waals surface area contributed by atoms with Gasteiger partial charge in [0.25, 0.3) is 0 Å². The zero-order valence-corrected chi connectivity index (χ0v) is 13.8. The fourth-order valence-corrected chi connectivity index (χ4v) is 2.91. The van der Waals surface area contributed by atoms with Crippen molar-refractivity contribution in [1.82, 2.24) is 4.57 Å². The highest BCUT2D eigenvalue weighted by Gasteiger charge is 2.15. The summed E-state index contributed by atoms with van der Waals surface area (Å²) in [5, 5.41) is 1.24. The van der Waals surface area contributed by atoms with E-state index in [4.69, 9.17) is 4.74 Å². The highest BCUT2D eigenvalue weighted by atomic mass is 79.9. The molecular formula is C18H16BrNO2. The van der Waals surface area contributed by atoms with Gasteiger partial charge in [-0.15, -0.1) is 0 Å². The lowest BCUT2D eigenvalue weighted by atomic mass is 10.1. The summed E-state index contributed by atoms with van der Waals surface area (Å²) in [7, 11) is 1.63. The Balaban J connectivity index is 2.12. The number of methoxy groups -OCH3 is 1. The molecule has 3 aromatic rings. The Morgan fingerprint density at radius 2 is 1.95 bits per heavy atom. The van der Waals surface area contributed by atoms with Crippen LogP contribution in [0.2, 0.25) is 0 Å². The smallest absolute Gasteiger partial charge is 0.175 e. The zero-order valence-electron chi connectivity index (χ0n) is 12.3. The van der Waals surface area contributed by atoms with Crippen LogP contribution < -0.4 is 4.74 Å². The number of carbonyl (C=O) groups excluding carboxylic acids is 1. The largest absolute Gasteiger partial charge is 0.497 e. The highest BCUT2D eigenvalue weighted by molar-refractivity contribution is 9.09. The van der Waals surface area contributed by atoms with Crippen molar-refractivity contribution < 1.29 is 9.53 Å². The molecular weight excluding hydrogens is 342 g/mol. The fourth-order valence-electron chi connectivity index (χ4n) is 2.61. The SMILES string of the molecule is COc1ccc2c(c1)c(C(=O)CBr)cn2Cc1ccccc1. The normalized spacial score (nSPS) is 10.8. The van der Waals surface area contributed by atoms with Gasteiger partial charge >= 0.3 is 0 Å². The first kappa shape index (κ1) is 14.9. The Morgan fingerprint density at radius 1 is 1.18 bits per heavy atom. The summed E-state index contributed by atoms with van der Waals surface area (Å²) < 4.78 is 7.40. The molecule has 0 aliphatic carbocycles. The summed E-state index contributed by atoms with van der Waals surface area (Å²) in [4.78, 5) is 12.2. The number of carbonyl (C=O) groups is 1. The van der Waals surface area contributed by atoms with Crippen molar-refractivity contribution in [2.45, 2.75) is 6.54 Å². The molecule has 0 aliphatic rings. The molecule has 112 valence electrons. The number of hydrogen-bond donors (Lipinski definition) is 0. The number of rotatable bonds is 5. The number of ether oxygens (including phenoxy) is 1. The second-order valence-corrected chi connectivity index (χ2v) is 5.66. The zero-order chi connectivity index (χ0) is 15.5. The minimum atomic E-state index is 0.0741. The lowest BCUT2D eigenvalue weighted by molar-refractivity contribution is 0.102. The molecule has 0 radical (unpaired) electrons. The molecule has 0 saturated heterocycles. The van der Waals surface area contributed by atoms with E-state index in [1.54, 1.807) is 7.11 Å². The average molecular weight is 358 g/mol. The Kier molecular flexibility index (Phi) is 4.29. The van der Waals surface area contributed by atoms with Crippen molar-refractivity contribution in [2.75, 3.05) is 12.4 Å². The fraction of sp³-hybridized carbons (Fsp3) is 0.167. The quantitative estimate of drug-likeness (QED) is 0.504. The van der Waals surface area contributed by atoms with Gasteiger partial charge in [-0.2, -0.15) is 0 Å². The minimum absolute atomic E-state index is 0.0741. The molecule has 0 aliphatic heterocycles. The molecule has 0 atom stereocenters. The van der Waals surface area contributed by atoms with Crippen molar-refractivity contribution >= 4 is 32.6 Å². The number of Topliss-reactive ketones (excluding diaryl/α,β-unsaturated/α-hetero) is 1. The van der Waals surface area contributed by atoms with Crippen molar-refractivity contribution in [1.29, 1.82) is 0 Å². The molecule has 0 spiro atoms. The second-order valence-electron chi connectivity index (χ2n) is 5.10. The van der Waals surface area contributed by atoms with Crippen LogP contribution in [0, 0.1) is 0 Å². The van der Waals surface area contributed by atoms with Gasteiger partial charge in [-0.25, -0.2) is 0 Å². The van der Waals surface area contributed by atoms with Gasteiger partial charge in [-0.05, 0) is 23.8 Å². The number of halogens is 1. The number of aromatic nitrogens is 1. The van der Waals surface area contributed by atoms with Gasteiger partial charge in [0.05, 0.1) is 12.4 Å². The van der Waals surface area contributed by atoms with E-state index in [-0.39, 0.29) is 5.78 Å².